The van der Waals surface area contributed by atoms with Gasteiger partial charge in [-0.2, -0.15) is 0 Å². The van der Waals surface area contributed by atoms with Gasteiger partial charge in [-0.05, 0) is 48.9 Å². The number of oxime groups is 1. The van der Waals surface area contributed by atoms with E-state index in [0.29, 0.717) is 29.3 Å². The van der Waals surface area contributed by atoms with Crippen LogP contribution in [0.5, 0.6) is 0 Å². The number of halogens is 1. The highest BCUT2D eigenvalue weighted by Gasteiger charge is 2.71. The van der Waals surface area contributed by atoms with Gasteiger partial charge in [0.05, 0.1) is 21.6 Å². The Hall–Kier alpha value is -3.26. The largest absolute Gasteiger partial charge is 0.365 e. The normalized spacial score (nSPS) is 25.9. The molecular weight excluding hydrogens is 458 g/mol. The number of aryl methyl sites for hydroxylation is 1. The number of nitro groups is 1. The van der Waals surface area contributed by atoms with Gasteiger partial charge in [0.1, 0.15) is 0 Å². The summed E-state index contributed by atoms with van der Waals surface area (Å²) in [7, 11) is 0. The Bertz CT molecular complexity index is 1240. The molecular formula is C25H26ClN3O5. The van der Waals surface area contributed by atoms with Crippen LogP contribution in [0.25, 0.3) is 0 Å². The second-order valence-electron chi connectivity index (χ2n) is 9.86. The Morgan fingerprint density at radius 2 is 1.88 bits per heavy atom. The van der Waals surface area contributed by atoms with Crippen molar-refractivity contribution in [3.8, 4) is 0 Å². The van der Waals surface area contributed by atoms with Crippen molar-refractivity contribution in [2.24, 2.45) is 21.4 Å². The van der Waals surface area contributed by atoms with Crippen LogP contribution in [0.1, 0.15) is 56.0 Å². The molecule has 2 aromatic rings. The molecule has 2 fully saturated rings. The molecule has 0 radical (unpaired) electrons. The van der Waals surface area contributed by atoms with Crippen LogP contribution in [0.4, 0.5) is 11.4 Å². The van der Waals surface area contributed by atoms with Crippen LogP contribution >= 0.6 is 11.6 Å². The SMILES string of the molecule is Cc1ccc(NC(=O)C23CCC(C)(/C(=N\OC(=O)c4cccc([N+](=O)[O-])c4)C2)C3(C)C)cc1Cl. The summed E-state index contributed by atoms with van der Waals surface area (Å²) < 4.78 is 0. The molecule has 2 unspecified atom stereocenters. The first-order chi connectivity index (χ1) is 15.9. The van der Waals surface area contributed by atoms with Crippen molar-refractivity contribution in [3.05, 3.63) is 68.7 Å². The summed E-state index contributed by atoms with van der Waals surface area (Å²) >= 11 is 6.23. The van der Waals surface area contributed by atoms with Crippen LogP contribution in [-0.4, -0.2) is 22.5 Å². The van der Waals surface area contributed by atoms with Gasteiger partial charge in [-0.3, -0.25) is 14.9 Å². The Morgan fingerprint density at radius 1 is 1.15 bits per heavy atom. The second-order valence-corrected chi connectivity index (χ2v) is 10.3. The highest BCUT2D eigenvalue weighted by Crippen LogP contribution is 2.71. The number of carbonyl (C=O) groups is 2. The Labute approximate surface area is 202 Å². The van der Waals surface area contributed by atoms with Crippen LogP contribution in [-0.2, 0) is 9.63 Å². The first kappa shape index (κ1) is 23.9. The molecule has 2 aromatic carbocycles. The van der Waals surface area contributed by atoms with Gasteiger partial charge in [-0.25, -0.2) is 4.79 Å². The Morgan fingerprint density at radius 3 is 2.56 bits per heavy atom. The molecule has 2 saturated carbocycles. The lowest BCUT2D eigenvalue weighted by molar-refractivity contribution is -0.384. The molecule has 2 aliphatic carbocycles. The minimum absolute atomic E-state index is 0.0369. The topological polar surface area (TPSA) is 111 Å². The summed E-state index contributed by atoms with van der Waals surface area (Å²) in [4.78, 5) is 41.7. The fraction of sp³-hybridized carbons (Fsp3) is 0.400. The van der Waals surface area contributed by atoms with E-state index in [1.165, 1.54) is 18.2 Å². The number of amides is 1. The van der Waals surface area contributed by atoms with Gasteiger partial charge >= 0.3 is 5.97 Å². The third kappa shape index (κ3) is 3.57. The van der Waals surface area contributed by atoms with E-state index in [1.54, 1.807) is 6.07 Å². The number of carbonyl (C=O) groups excluding carboxylic acids is 2. The number of anilines is 1. The van der Waals surface area contributed by atoms with Gasteiger partial charge in [-0.1, -0.05) is 49.7 Å². The lowest BCUT2D eigenvalue weighted by Gasteiger charge is -2.39. The van der Waals surface area contributed by atoms with Gasteiger partial charge in [0.2, 0.25) is 5.91 Å². The molecule has 9 heteroatoms. The van der Waals surface area contributed by atoms with Crippen molar-refractivity contribution in [1.82, 2.24) is 0 Å². The average Bonchev–Trinajstić information content (AvgIpc) is 3.10. The van der Waals surface area contributed by atoms with E-state index < -0.39 is 27.1 Å². The van der Waals surface area contributed by atoms with E-state index in [4.69, 9.17) is 16.4 Å². The van der Waals surface area contributed by atoms with E-state index in [2.05, 4.69) is 10.5 Å². The summed E-state index contributed by atoms with van der Waals surface area (Å²) in [5, 5.41) is 18.8. The molecule has 2 aliphatic rings. The van der Waals surface area contributed by atoms with Crippen LogP contribution in [0.2, 0.25) is 5.02 Å². The number of fused-ring (bicyclic) bond motifs is 2. The molecule has 0 heterocycles. The molecule has 0 aromatic heterocycles. The first-order valence-electron chi connectivity index (χ1n) is 11.0. The minimum atomic E-state index is -0.784. The predicted molar refractivity (Wildman–Crippen MR) is 129 cm³/mol. The highest BCUT2D eigenvalue weighted by molar-refractivity contribution is 6.31. The second kappa shape index (κ2) is 8.20. The van der Waals surface area contributed by atoms with Gasteiger partial charge in [0, 0.05) is 34.7 Å². The molecule has 2 bridgehead atoms. The van der Waals surface area contributed by atoms with E-state index in [0.717, 1.165) is 18.1 Å². The number of benzene rings is 2. The maximum absolute atomic E-state index is 13.6. The lowest BCUT2D eigenvalue weighted by Crippen LogP contribution is -2.43. The Balaban J connectivity index is 1.58. The van der Waals surface area contributed by atoms with Crippen molar-refractivity contribution in [3.63, 3.8) is 0 Å². The third-order valence-electron chi connectivity index (χ3n) is 8.13. The number of nitro benzene ring substituents is 1. The molecule has 0 saturated heterocycles. The van der Waals surface area contributed by atoms with Crippen LogP contribution in [0.3, 0.4) is 0 Å². The zero-order chi connectivity index (χ0) is 24.9. The highest BCUT2D eigenvalue weighted by atomic mass is 35.5. The van der Waals surface area contributed by atoms with Crippen molar-refractivity contribution in [2.75, 3.05) is 5.32 Å². The van der Waals surface area contributed by atoms with Gasteiger partial charge in [0.25, 0.3) is 5.69 Å². The van der Waals surface area contributed by atoms with E-state index in [1.807, 2.05) is 39.8 Å². The molecule has 2 atom stereocenters. The summed E-state index contributed by atoms with van der Waals surface area (Å²) in [6, 6.07) is 10.7. The van der Waals surface area contributed by atoms with Crippen molar-refractivity contribution < 1.29 is 19.3 Å². The zero-order valence-corrected chi connectivity index (χ0v) is 20.2. The summed E-state index contributed by atoms with van der Waals surface area (Å²) in [5.74, 6) is -0.899. The predicted octanol–water partition coefficient (Wildman–Crippen LogP) is 5.92. The van der Waals surface area contributed by atoms with Crippen LogP contribution in [0.15, 0.2) is 47.6 Å². The lowest BCUT2D eigenvalue weighted by atomic mass is 9.64. The average molecular weight is 484 g/mol. The molecule has 0 aliphatic heterocycles. The molecule has 4 rings (SSSR count). The van der Waals surface area contributed by atoms with Crippen LogP contribution < -0.4 is 5.32 Å². The smallest absolute Gasteiger partial charge is 0.326 e. The van der Waals surface area contributed by atoms with Crippen molar-refractivity contribution >= 4 is 40.6 Å². The number of hydrogen-bond donors (Lipinski definition) is 1. The fourth-order valence-corrected chi connectivity index (χ4v) is 5.52. The summed E-state index contributed by atoms with van der Waals surface area (Å²) in [6.45, 7) is 8.03. The zero-order valence-electron chi connectivity index (χ0n) is 19.5. The first-order valence-corrected chi connectivity index (χ1v) is 11.4. The number of non-ortho nitro benzene ring substituents is 1. The molecule has 1 N–H and O–H groups in total. The summed E-state index contributed by atoms with van der Waals surface area (Å²) in [6.07, 6.45) is 1.75. The third-order valence-corrected chi connectivity index (χ3v) is 8.54. The molecule has 0 spiro atoms. The van der Waals surface area contributed by atoms with Crippen molar-refractivity contribution in [2.45, 2.75) is 47.0 Å². The quantitative estimate of drug-likeness (QED) is 0.322. The van der Waals surface area contributed by atoms with Gasteiger partial charge in [0.15, 0.2) is 0 Å². The fourth-order valence-electron chi connectivity index (χ4n) is 5.34. The maximum Gasteiger partial charge on any atom is 0.365 e. The number of rotatable bonds is 5. The van der Waals surface area contributed by atoms with Gasteiger partial charge < -0.3 is 10.2 Å². The van der Waals surface area contributed by atoms with Crippen molar-refractivity contribution in [1.29, 1.82) is 0 Å². The number of nitrogens with one attached hydrogen (secondary N) is 1. The molecule has 34 heavy (non-hydrogen) atoms. The van der Waals surface area contributed by atoms with E-state index >= 15 is 0 Å². The van der Waals surface area contributed by atoms with E-state index in [-0.39, 0.29) is 17.2 Å². The minimum Gasteiger partial charge on any atom is -0.326 e. The molecule has 1 amide bonds. The molecule has 178 valence electrons. The van der Waals surface area contributed by atoms with Crippen LogP contribution in [0, 0.1) is 33.3 Å². The van der Waals surface area contributed by atoms with Gasteiger partial charge in [-0.15, -0.1) is 0 Å². The maximum atomic E-state index is 13.6. The number of hydrogen-bond acceptors (Lipinski definition) is 6. The summed E-state index contributed by atoms with van der Waals surface area (Å²) in [5.41, 5.74) is 0.398. The van der Waals surface area contributed by atoms with E-state index in [9.17, 15) is 19.7 Å². The monoisotopic (exact) mass is 483 g/mol. The molecule has 8 nitrogen and oxygen atoms in total. The number of nitrogens with zero attached hydrogens (tertiary/aromatic N) is 2. The Kier molecular flexibility index (Phi) is 5.76. The standard InChI is InChI=1S/C25H26ClN3O5/c1-15-8-9-17(13-19(15)26)27-22(31)25-11-10-24(4,23(25,2)3)20(14-25)28-34-21(30)16-6-5-7-18(12-16)29(32)33/h5-9,12-13H,10-11,14H2,1-4H3,(H,27,31)/b28-20-.